The minimum atomic E-state index is -0.573. The Balaban J connectivity index is 1.90. The summed E-state index contributed by atoms with van der Waals surface area (Å²) in [6, 6.07) is 22.7. The van der Waals surface area contributed by atoms with Crippen LogP contribution in [0.3, 0.4) is 0 Å². The van der Waals surface area contributed by atoms with Crippen LogP contribution in [0.5, 0.6) is 0 Å². The Morgan fingerprint density at radius 2 is 1.47 bits per heavy atom. The lowest BCUT2D eigenvalue weighted by Crippen LogP contribution is -2.39. The van der Waals surface area contributed by atoms with Crippen molar-refractivity contribution in [1.82, 2.24) is 0 Å². The van der Waals surface area contributed by atoms with Crippen LogP contribution in [0.2, 0.25) is 0 Å². The maximum Gasteiger partial charge on any atom is 0.419 e. The summed E-state index contributed by atoms with van der Waals surface area (Å²) >= 11 is 3.50. The molecular formula is C26H26BrNO2. The van der Waals surface area contributed by atoms with Crippen molar-refractivity contribution in [1.29, 1.82) is 0 Å². The molecule has 1 aliphatic heterocycles. The van der Waals surface area contributed by atoms with Crippen LogP contribution in [-0.2, 0) is 10.2 Å². The smallest absolute Gasteiger partial charge is 0.419 e. The number of nitrogens with zero attached hydrogens (tertiary/aromatic N) is 1. The fourth-order valence-corrected chi connectivity index (χ4v) is 4.29. The van der Waals surface area contributed by atoms with Gasteiger partial charge in [-0.3, -0.25) is 0 Å². The topological polar surface area (TPSA) is 29.5 Å². The Bertz CT molecular complexity index is 1110. The average molecular weight is 464 g/mol. The van der Waals surface area contributed by atoms with Gasteiger partial charge < -0.3 is 4.74 Å². The van der Waals surface area contributed by atoms with Crippen LogP contribution < -0.4 is 4.90 Å². The van der Waals surface area contributed by atoms with E-state index >= 15 is 0 Å². The molecule has 4 rings (SSSR count). The molecule has 0 radical (unpaired) electrons. The maximum absolute atomic E-state index is 13.2. The summed E-state index contributed by atoms with van der Waals surface area (Å²) in [5.74, 6) is 0. The molecule has 1 aliphatic rings. The van der Waals surface area contributed by atoms with E-state index in [1.54, 1.807) is 4.90 Å². The summed E-state index contributed by atoms with van der Waals surface area (Å²) < 4.78 is 6.82. The second kappa shape index (κ2) is 7.28. The molecule has 3 aromatic carbocycles. The number of hydrogen-bond donors (Lipinski definition) is 0. The Labute approximate surface area is 186 Å². The summed E-state index contributed by atoms with van der Waals surface area (Å²) in [6.45, 7) is 10.1. The Morgan fingerprint density at radius 1 is 0.867 bits per heavy atom. The summed E-state index contributed by atoms with van der Waals surface area (Å²) in [5.41, 5.74) is 5.39. The van der Waals surface area contributed by atoms with Gasteiger partial charge in [-0.15, -0.1) is 0 Å². The number of ether oxygens (including phenoxy) is 1. The molecule has 0 unspecified atom stereocenters. The predicted molar refractivity (Wildman–Crippen MR) is 127 cm³/mol. The van der Waals surface area contributed by atoms with Crippen molar-refractivity contribution >= 4 is 33.4 Å². The second-order valence-corrected chi connectivity index (χ2v) is 10.1. The largest absolute Gasteiger partial charge is 0.443 e. The van der Waals surface area contributed by atoms with E-state index in [-0.39, 0.29) is 11.5 Å². The van der Waals surface area contributed by atoms with Crippen molar-refractivity contribution in [2.75, 3.05) is 4.90 Å². The molecule has 154 valence electrons. The number of hydrogen-bond acceptors (Lipinski definition) is 2. The van der Waals surface area contributed by atoms with Crippen LogP contribution in [0, 0.1) is 0 Å². The van der Waals surface area contributed by atoms with Crippen molar-refractivity contribution in [3.63, 3.8) is 0 Å². The van der Waals surface area contributed by atoms with Crippen molar-refractivity contribution in [3.8, 4) is 11.1 Å². The molecule has 0 fully saturated rings. The number of anilines is 2. The van der Waals surface area contributed by atoms with E-state index < -0.39 is 5.60 Å². The lowest BCUT2D eigenvalue weighted by Gasteiger charge is -2.41. The second-order valence-electron chi connectivity index (χ2n) is 9.20. The third-order valence-corrected chi connectivity index (χ3v) is 6.01. The highest BCUT2D eigenvalue weighted by molar-refractivity contribution is 9.10. The van der Waals surface area contributed by atoms with Gasteiger partial charge in [-0.05, 0) is 73.4 Å². The van der Waals surface area contributed by atoms with Gasteiger partial charge in [-0.2, -0.15) is 0 Å². The standard InChI is InChI=1S/C26H26BrNO2/c1-25(2,3)30-24(29)28-22-9-7-6-8-20(22)26(4,5)21-16-18(12-15-23(21)28)17-10-13-19(27)14-11-17/h6-16H,1-5H3. The molecule has 0 N–H and O–H groups in total. The first-order valence-electron chi connectivity index (χ1n) is 10.1. The highest BCUT2D eigenvalue weighted by Crippen LogP contribution is 2.50. The van der Waals surface area contributed by atoms with Crippen LogP contribution >= 0.6 is 15.9 Å². The van der Waals surface area contributed by atoms with Gasteiger partial charge in [0.2, 0.25) is 0 Å². The molecule has 1 heterocycles. The van der Waals surface area contributed by atoms with Crippen LogP contribution in [-0.4, -0.2) is 11.7 Å². The van der Waals surface area contributed by atoms with E-state index in [9.17, 15) is 4.79 Å². The highest BCUT2D eigenvalue weighted by atomic mass is 79.9. The first-order valence-corrected chi connectivity index (χ1v) is 10.9. The van der Waals surface area contributed by atoms with E-state index in [1.165, 1.54) is 0 Å². The SMILES string of the molecule is CC(C)(C)OC(=O)N1c2ccccc2C(C)(C)c2cc(-c3ccc(Br)cc3)ccc21. The van der Waals surface area contributed by atoms with Gasteiger partial charge in [0.15, 0.2) is 0 Å². The molecular weight excluding hydrogens is 438 g/mol. The molecule has 0 saturated heterocycles. The molecule has 0 aliphatic carbocycles. The lowest BCUT2D eigenvalue weighted by molar-refractivity contribution is 0.0597. The quantitative estimate of drug-likeness (QED) is 0.367. The first kappa shape index (κ1) is 20.7. The van der Waals surface area contributed by atoms with Gasteiger partial charge in [-0.1, -0.05) is 66.2 Å². The minimum Gasteiger partial charge on any atom is -0.443 e. The van der Waals surface area contributed by atoms with E-state index in [0.717, 1.165) is 38.1 Å². The molecule has 0 saturated carbocycles. The van der Waals surface area contributed by atoms with E-state index in [2.05, 4.69) is 60.1 Å². The van der Waals surface area contributed by atoms with Gasteiger partial charge in [-0.25, -0.2) is 9.69 Å². The van der Waals surface area contributed by atoms with Gasteiger partial charge in [0.1, 0.15) is 5.60 Å². The fraction of sp³-hybridized carbons (Fsp3) is 0.269. The predicted octanol–water partition coefficient (Wildman–Crippen LogP) is 7.83. The third-order valence-electron chi connectivity index (χ3n) is 5.48. The van der Waals surface area contributed by atoms with Crippen molar-refractivity contribution < 1.29 is 9.53 Å². The third kappa shape index (κ3) is 3.65. The molecule has 0 bridgehead atoms. The zero-order valence-electron chi connectivity index (χ0n) is 18.0. The molecule has 4 heteroatoms. The number of carbonyl (C=O) groups is 1. The fourth-order valence-electron chi connectivity index (χ4n) is 4.03. The summed E-state index contributed by atoms with van der Waals surface area (Å²) in [4.78, 5) is 15.0. The average Bonchev–Trinajstić information content (AvgIpc) is 2.67. The molecule has 0 aromatic heterocycles. The van der Waals surface area contributed by atoms with Crippen molar-refractivity contribution in [2.45, 2.75) is 45.6 Å². The normalized spacial score (nSPS) is 14.7. The van der Waals surface area contributed by atoms with Gasteiger partial charge >= 0.3 is 6.09 Å². The zero-order valence-corrected chi connectivity index (χ0v) is 19.6. The molecule has 0 atom stereocenters. The number of carbonyl (C=O) groups excluding carboxylic acids is 1. The maximum atomic E-state index is 13.2. The van der Waals surface area contributed by atoms with Crippen LogP contribution in [0.25, 0.3) is 11.1 Å². The summed E-state index contributed by atoms with van der Waals surface area (Å²) in [7, 11) is 0. The minimum absolute atomic E-state index is 0.254. The molecule has 0 spiro atoms. The molecule has 3 nitrogen and oxygen atoms in total. The van der Waals surface area contributed by atoms with E-state index in [4.69, 9.17) is 4.74 Å². The Hall–Kier alpha value is -2.59. The molecule has 3 aromatic rings. The zero-order chi connectivity index (χ0) is 21.7. The molecule has 30 heavy (non-hydrogen) atoms. The number of halogens is 1. The lowest BCUT2D eigenvalue weighted by atomic mass is 9.73. The van der Waals surface area contributed by atoms with E-state index in [1.807, 2.05) is 57.2 Å². The highest BCUT2D eigenvalue weighted by Gasteiger charge is 2.40. The Kier molecular flexibility index (Phi) is 5.01. The Morgan fingerprint density at radius 3 is 2.13 bits per heavy atom. The number of amides is 1. The van der Waals surface area contributed by atoms with Crippen molar-refractivity contribution in [3.05, 3.63) is 82.3 Å². The summed E-state index contributed by atoms with van der Waals surface area (Å²) in [6.07, 6.45) is -0.358. The number of benzene rings is 3. The number of para-hydroxylation sites is 1. The van der Waals surface area contributed by atoms with Crippen LogP contribution in [0.1, 0.15) is 45.7 Å². The molecule has 1 amide bonds. The monoisotopic (exact) mass is 463 g/mol. The first-order chi connectivity index (χ1) is 14.1. The van der Waals surface area contributed by atoms with Gasteiger partial charge in [0, 0.05) is 9.89 Å². The number of rotatable bonds is 1. The van der Waals surface area contributed by atoms with Gasteiger partial charge in [0.25, 0.3) is 0 Å². The van der Waals surface area contributed by atoms with Crippen LogP contribution in [0.15, 0.2) is 71.2 Å². The summed E-state index contributed by atoms with van der Waals surface area (Å²) in [5, 5.41) is 0. The number of fused-ring (bicyclic) bond motifs is 2. The van der Waals surface area contributed by atoms with Gasteiger partial charge in [0.05, 0.1) is 11.4 Å². The van der Waals surface area contributed by atoms with Crippen molar-refractivity contribution in [2.24, 2.45) is 0 Å². The van der Waals surface area contributed by atoms with E-state index in [0.29, 0.717) is 0 Å². The van der Waals surface area contributed by atoms with Crippen LogP contribution in [0.4, 0.5) is 16.2 Å².